The summed E-state index contributed by atoms with van der Waals surface area (Å²) in [6.07, 6.45) is 3.70. The van der Waals surface area contributed by atoms with E-state index in [1.165, 1.54) is 0 Å². The number of hydrogen-bond donors (Lipinski definition) is 4. The molecule has 0 amide bonds. The van der Waals surface area contributed by atoms with Gasteiger partial charge in [0.2, 0.25) is 5.95 Å². The highest BCUT2D eigenvalue weighted by Crippen LogP contribution is 2.26. The van der Waals surface area contributed by atoms with Gasteiger partial charge in [0.15, 0.2) is 0 Å². The minimum Gasteiger partial charge on any atom is -0.390 e. The molecule has 5 aromatic rings. The van der Waals surface area contributed by atoms with Crippen LogP contribution in [0.25, 0.3) is 21.8 Å². The van der Waals surface area contributed by atoms with Gasteiger partial charge in [-0.25, -0.2) is 4.98 Å². The molecule has 0 radical (unpaired) electrons. The van der Waals surface area contributed by atoms with Crippen molar-refractivity contribution in [3.05, 3.63) is 78.2 Å². The normalized spacial score (nSPS) is 11.3. The second-order valence-corrected chi connectivity index (χ2v) is 7.27. The fourth-order valence-electron chi connectivity index (χ4n) is 3.62. The molecule has 150 valence electrons. The summed E-state index contributed by atoms with van der Waals surface area (Å²) in [7, 11) is 2.00. The zero-order valence-electron chi connectivity index (χ0n) is 16.6. The summed E-state index contributed by atoms with van der Waals surface area (Å²) in [5.41, 5.74) is 5.12. The van der Waals surface area contributed by atoms with Crippen LogP contribution in [0.2, 0.25) is 0 Å². The Morgan fingerprint density at radius 1 is 1.00 bits per heavy atom. The van der Waals surface area contributed by atoms with Crippen LogP contribution in [0.1, 0.15) is 11.3 Å². The lowest BCUT2D eigenvalue weighted by molar-refractivity contribution is 0.278. The van der Waals surface area contributed by atoms with E-state index in [0.717, 1.165) is 44.6 Å². The summed E-state index contributed by atoms with van der Waals surface area (Å²) in [6.45, 7) is 0.617. The molecular weight excluding hydrogens is 376 g/mol. The van der Waals surface area contributed by atoms with E-state index < -0.39 is 0 Å². The van der Waals surface area contributed by atoms with Crippen molar-refractivity contribution in [2.45, 2.75) is 13.2 Å². The van der Waals surface area contributed by atoms with Gasteiger partial charge in [-0.3, -0.25) is 0 Å². The third-order valence-corrected chi connectivity index (χ3v) is 5.27. The third kappa shape index (κ3) is 3.46. The van der Waals surface area contributed by atoms with Crippen LogP contribution in [-0.2, 0) is 13.2 Å². The monoisotopic (exact) mass is 398 g/mol. The summed E-state index contributed by atoms with van der Waals surface area (Å²) < 4.78 is 0. The van der Waals surface area contributed by atoms with Crippen molar-refractivity contribution in [3.63, 3.8) is 0 Å². The lowest BCUT2D eigenvalue weighted by Gasteiger charge is -2.19. The minimum absolute atomic E-state index is 0.00737. The molecule has 0 unspecified atom stereocenters. The van der Waals surface area contributed by atoms with Crippen LogP contribution in [0.3, 0.4) is 0 Å². The van der Waals surface area contributed by atoms with Crippen LogP contribution < -0.4 is 10.2 Å². The predicted octanol–water partition coefficient (Wildman–Crippen LogP) is 4.31. The number of aliphatic hydroxyl groups is 1. The predicted molar refractivity (Wildman–Crippen MR) is 120 cm³/mol. The number of hydrogen-bond acceptors (Lipinski definition) is 5. The molecular formula is C23H22N6O. The fraction of sp³-hybridized carbons (Fsp3) is 0.130. The Bertz CT molecular complexity index is 1320. The zero-order valence-corrected chi connectivity index (χ0v) is 16.6. The first-order chi connectivity index (χ1) is 14.7. The van der Waals surface area contributed by atoms with Crippen LogP contribution in [0.5, 0.6) is 0 Å². The van der Waals surface area contributed by atoms with Gasteiger partial charge in [0.25, 0.3) is 0 Å². The van der Waals surface area contributed by atoms with Crippen molar-refractivity contribution in [3.8, 4) is 0 Å². The fourth-order valence-corrected chi connectivity index (χ4v) is 3.62. The first-order valence-corrected chi connectivity index (χ1v) is 9.79. The maximum Gasteiger partial charge on any atom is 0.224 e. The molecule has 7 heteroatoms. The van der Waals surface area contributed by atoms with Gasteiger partial charge < -0.3 is 25.3 Å². The van der Waals surface area contributed by atoms with Gasteiger partial charge in [-0.05, 0) is 54.1 Å². The molecule has 30 heavy (non-hydrogen) atoms. The average molecular weight is 398 g/mol. The minimum atomic E-state index is 0.00737. The molecule has 0 bridgehead atoms. The van der Waals surface area contributed by atoms with Crippen LogP contribution >= 0.6 is 0 Å². The first kappa shape index (κ1) is 18.2. The summed E-state index contributed by atoms with van der Waals surface area (Å²) >= 11 is 0. The lowest BCUT2D eigenvalue weighted by atomic mass is 10.1. The summed E-state index contributed by atoms with van der Waals surface area (Å²) in [6, 6.07) is 18.4. The molecule has 7 nitrogen and oxygen atoms in total. The highest BCUT2D eigenvalue weighted by molar-refractivity contribution is 5.84. The number of nitrogens with one attached hydrogen (secondary N) is 3. The van der Waals surface area contributed by atoms with Crippen LogP contribution in [0, 0.1) is 0 Å². The molecule has 0 aliphatic heterocycles. The second kappa shape index (κ2) is 7.53. The number of benzene rings is 2. The number of aromatic nitrogens is 4. The maximum absolute atomic E-state index is 9.29. The number of aliphatic hydroxyl groups excluding tert-OH is 1. The molecule has 0 atom stereocenters. The van der Waals surface area contributed by atoms with Crippen molar-refractivity contribution < 1.29 is 5.11 Å². The van der Waals surface area contributed by atoms with Crippen molar-refractivity contribution in [1.29, 1.82) is 0 Å². The Balaban J connectivity index is 1.33. The molecule has 0 aliphatic rings. The van der Waals surface area contributed by atoms with E-state index in [4.69, 9.17) is 0 Å². The third-order valence-electron chi connectivity index (χ3n) is 5.27. The molecule has 3 heterocycles. The van der Waals surface area contributed by atoms with Gasteiger partial charge in [-0.2, -0.15) is 4.98 Å². The van der Waals surface area contributed by atoms with Gasteiger partial charge in [-0.15, -0.1) is 0 Å². The highest BCUT2D eigenvalue weighted by atomic mass is 16.3. The Hall–Kier alpha value is -3.84. The number of nitrogens with zero attached hydrogens (tertiary/aromatic N) is 3. The quantitative estimate of drug-likeness (QED) is 0.342. The Morgan fingerprint density at radius 2 is 1.90 bits per heavy atom. The zero-order chi connectivity index (χ0) is 20.5. The molecule has 0 spiro atoms. The van der Waals surface area contributed by atoms with Gasteiger partial charge in [-0.1, -0.05) is 6.07 Å². The van der Waals surface area contributed by atoms with Gasteiger partial charge >= 0.3 is 0 Å². The van der Waals surface area contributed by atoms with Crippen LogP contribution in [-0.4, -0.2) is 32.1 Å². The molecule has 0 saturated heterocycles. The summed E-state index contributed by atoms with van der Waals surface area (Å²) in [4.78, 5) is 17.5. The van der Waals surface area contributed by atoms with Crippen molar-refractivity contribution >= 4 is 39.3 Å². The van der Waals surface area contributed by atoms with Crippen LogP contribution in [0.15, 0.2) is 67.0 Å². The Labute approximate surface area is 173 Å². The van der Waals surface area contributed by atoms with E-state index in [1.807, 2.05) is 36.3 Å². The standard InChI is InChI=1S/C23H22N6O/c1-29(19-3-5-20-16(12-19)6-8-24-20)22-7-9-25-23(28-22)26-13-15-2-4-21-17(10-15)11-18(14-30)27-21/h2-12,24,27,30H,13-14H2,1H3,(H,25,26,28). The topological polar surface area (TPSA) is 92.9 Å². The van der Waals surface area contributed by atoms with E-state index in [1.54, 1.807) is 6.20 Å². The largest absolute Gasteiger partial charge is 0.390 e. The van der Waals surface area contributed by atoms with Gasteiger partial charge in [0.05, 0.1) is 6.61 Å². The lowest BCUT2D eigenvalue weighted by Crippen LogP contribution is -2.13. The van der Waals surface area contributed by atoms with Gasteiger partial charge in [0.1, 0.15) is 5.82 Å². The smallest absolute Gasteiger partial charge is 0.224 e. The molecule has 0 saturated carbocycles. The van der Waals surface area contributed by atoms with E-state index in [9.17, 15) is 5.11 Å². The summed E-state index contributed by atoms with van der Waals surface area (Å²) in [5, 5.41) is 14.8. The first-order valence-electron chi connectivity index (χ1n) is 9.79. The molecule has 0 fully saturated rings. The Kier molecular flexibility index (Phi) is 4.57. The molecule has 2 aromatic carbocycles. The second-order valence-electron chi connectivity index (χ2n) is 7.27. The van der Waals surface area contributed by atoms with Gasteiger partial charge in [0, 0.05) is 59.2 Å². The number of rotatable bonds is 6. The Morgan fingerprint density at radius 3 is 2.80 bits per heavy atom. The molecule has 5 rings (SSSR count). The molecule has 3 aromatic heterocycles. The number of anilines is 3. The van der Waals surface area contributed by atoms with Crippen molar-refractivity contribution in [2.75, 3.05) is 17.3 Å². The van der Waals surface area contributed by atoms with E-state index in [-0.39, 0.29) is 6.61 Å². The summed E-state index contributed by atoms with van der Waals surface area (Å²) in [5.74, 6) is 1.39. The number of H-pyrrole nitrogens is 2. The highest BCUT2D eigenvalue weighted by Gasteiger charge is 2.09. The van der Waals surface area contributed by atoms with E-state index >= 15 is 0 Å². The van der Waals surface area contributed by atoms with Crippen molar-refractivity contribution in [1.82, 2.24) is 19.9 Å². The number of fused-ring (bicyclic) bond motifs is 2. The SMILES string of the molecule is CN(c1ccc2[nH]ccc2c1)c1ccnc(NCc2ccc3[nH]c(CO)cc3c2)n1. The van der Waals surface area contributed by atoms with Crippen LogP contribution in [0.4, 0.5) is 17.5 Å². The molecule has 4 N–H and O–H groups in total. The number of aromatic amines is 2. The van der Waals surface area contributed by atoms with E-state index in [0.29, 0.717) is 12.5 Å². The molecule has 0 aliphatic carbocycles. The van der Waals surface area contributed by atoms with Crippen molar-refractivity contribution in [2.24, 2.45) is 0 Å². The van der Waals surface area contributed by atoms with E-state index in [2.05, 4.69) is 61.7 Å². The maximum atomic E-state index is 9.29. The average Bonchev–Trinajstić information content (AvgIpc) is 3.42.